The Labute approximate surface area is 200 Å². The molecule has 0 spiro atoms. The minimum Gasteiger partial charge on any atom is -0.507 e. The zero-order valence-corrected chi connectivity index (χ0v) is 20.1. The molecular formula is C25H22ClNO5S. The maximum absolute atomic E-state index is 13.3. The van der Waals surface area contributed by atoms with Crippen molar-refractivity contribution in [3.8, 4) is 11.5 Å². The monoisotopic (exact) mass is 483 g/mol. The van der Waals surface area contributed by atoms with Crippen LogP contribution in [0.5, 0.6) is 11.5 Å². The van der Waals surface area contributed by atoms with E-state index in [1.165, 1.54) is 42.6 Å². The number of anilines is 1. The lowest BCUT2D eigenvalue weighted by molar-refractivity contribution is -0.132. The van der Waals surface area contributed by atoms with Gasteiger partial charge in [-0.25, -0.2) is 0 Å². The van der Waals surface area contributed by atoms with Crippen LogP contribution in [0.2, 0.25) is 5.02 Å². The van der Waals surface area contributed by atoms with Crippen molar-refractivity contribution in [1.82, 2.24) is 0 Å². The third kappa shape index (κ3) is 3.87. The maximum atomic E-state index is 13.3. The van der Waals surface area contributed by atoms with Gasteiger partial charge < -0.3 is 14.6 Å². The third-order valence-electron chi connectivity index (χ3n) is 5.64. The molecule has 2 heterocycles. The lowest BCUT2D eigenvalue weighted by atomic mass is 9.97. The summed E-state index contributed by atoms with van der Waals surface area (Å²) in [5.74, 6) is -1.29. The van der Waals surface area contributed by atoms with Gasteiger partial charge in [-0.05, 0) is 49.1 Å². The maximum Gasteiger partial charge on any atom is 0.300 e. The molecule has 3 aromatic rings. The Kier molecular flexibility index (Phi) is 6.19. The molecule has 0 radical (unpaired) electrons. The van der Waals surface area contributed by atoms with Crippen LogP contribution >= 0.6 is 22.9 Å². The minimum atomic E-state index is -0.793. The average molecular weight is 484 g/mol. The zero-order valence-electron chi connectivity index (χ0n) is 18.5. The fourth-order valence-electron chi connectivity index (χ4n) is 3.91. The highest BCUT2D eigenvalue weighted by Gasteiger charge is 2.48. The quantitative estimate of drug-likeness (QED) is 0.288. The van der Waals surface area contributed by atoms with Gasteiger partial charge in [-0.3, -0.25) is 14.5 Å². The largest absolute Gasteiger partial charge is 0.507 e. The van der Waals surface area contributed by atoms with Gasteiger partial charge in [0, 0.05) is 16.6 Å². The van der Waals surface area contributed by atoms with Crippen LogP contribution in [0.15, 0.2) is 53.4 Å². The lowest BCUT2D eigenvalue weighted by Crippen LogP contribution is -2.29. The van der Waals surface area contributed by atoms with Crippen molar-refractivity contribution in [2.45, 2.75) is 19.9 Å². The topological polar surface area (TPSA) is 76.1 Å². The van der Waals surface area contributed by atoms with Gasteiger partial charge >= 0.3 is 0 Å². The molecule has 8 heteroatoms. The number of rotatable bonds is 5. The van der Waals surface area contributed by atoms with Gasteiger partial charge in [0.2, 0.25) is 0 Å². The molecule has 0 saturated carbocycles. The Morgan fingerprint density at radius 3 is 2.27 bits per heavy atom. The number of aliphatic hydroxyl groups excluding tert-OH is 1. The number of aryl methyl sites for hydroxylation is 2. The van der Waals surface area contributed by atoms with Crippen molar-refractivity contribution in [2.75, 3.05) is 19.1 Å². The van der Waals surface area contributed by atoms with Crippen LogP contribution in [-0.2, 0) is 9.59 Å². The van der Waals surface area contributed by atoms with Crippen LogP contribution in [-0.4, -0.2) is 31.0 Å². The normalized spacial score (nSPS) is 17.5. The molecule has 2 aromatic carbocycles. The van der Waals surface area contributed by atoms with Gasteiger partial charge in [0.1, 0.15) is 23.3 Å². The first-order valence-electron chi connectivity index (χ1n) is 10.1. The average Bonchev–Trinajstić information content (AvgIpc) is 3.34. The van der Waals surface area contributed by atoms with Gasteiger partial charge in [-0.2, -0.15) is 0 Å². The number of Topliss-reactive ketones (excluding diaryl/α,β-unsaturated/α-hetero) is 1. The summed E-state index contributed by atoms with van der Waals surface area (Å²) in [6.07, 6.45) is 0. The number of carbonyl (C=O) groups excluding carboxylic acids is 2. The van der Waals surface area contributed by atoms with Crippen molar-refractivity contribution >= 4 is 46.1 Å². The number of benzene rings is 2. The SMILES string of the molecule is COc1cc(/C(O)=C2\C(=O)C(=O)N(c3ccc(C)cc3)C2c2sccc2C)c(OC)cc1Cl. The number of hydrogen-bond donors (Lipinski definition) is 1. The summed E-state index contributed by atoms with van der Waals surface area (Å²) < 4.78 is 10.7. The van der Waals surface area contributed by atoms with E-state index in [2.05, 4.69) is 0 Å². The van der Waals surface area contributed by atoms with Gasteiger partial charge in [0.25, 0.3) is 11.7 Å². The second kappa shape index (κ2) is 8.92. The van der Waals surface area contributed by atoms with E-state index in [0.29, 0.717) is 11.4 Å². The Bertz CT molecular complexity index is 1280. The number of carbonyl (C=O) groups is 2. The number of nitrogens with zero attached hydrogens (tertiary/aromatic N) is 1. The molecule has 1 aromatic heterocycles. The number of halogens is 1. The number of methoxy groups -OCH3 is 2. The van der Waals surface area contributed by atoms with Crippen LogP contribution in [0.3, 0.4) is 0 Å². The van der Waals surface area contributed by atoms with Gasteiger partial charge in [-0.1, -0.05) is 29.3 Å². The molecule has 1 unspecified atom stereocenters. The molecule has 1 fully saturated rings. The molecule has 1 atom stereocenters. The molecule has 170 valence electrons. The number of aliphatic hydroxyl groups is 1. The first-order chi connectivity index (χ1) is 15.8. The van der Waals surface area contributed by atoms with Crippen molar-refractivity contribution in [3.05, 3.63) is 80.0 Å². The summed E-state index contributed by atoms with van der Waals surface area (Å²) in [7, 11) is 2.88. The highest BCUT2D eigenvalue weighted by Crippen LogP contribution is 2.46. The lowest BCUT2D eigenvalue weighted by Gasteiger charge is -2.25. The number of ether oxygens (including phenoxy) is 2. The van der Waals surface area contributed by atoms with Crippen molar-refractivity contribution in [2.24, 2.45) is 0 Å². The molecule has 1 amide bonds. The summed E-state index contributed by atoms with van der Waals surface area (Å²) >= 11 is 7.63. The molecule has 1 N–H and O–H groups in total. The van der Waals surface area contributed by atoms with Crippen molar-refractivity contribution in [3.63, 3.8) is 0 Å². The molecular weight excluding hydrogens is 462 g/mol. The Balaban J connectivity index is 1.99. The van der Waals surface area contributed by atoms with Crippen molar-refractivity contribution < 1.29 is 24.2 Å². The Morgan fingerprint density at radius 1 is 1.03 bits per heavy atom. The Hall–Kier alpha value is -3.29. The number of amides is 1. The van der Waals surface area contributed by atoms with E-state index in [1.807, 2.05) is 37.4 Å². The first kappa shape index (κ1) is 22.9. The van der Waals surface area contributed by atoms with Crippen LogP contribution in [0, 0.1) is 13.8 Å². The van der Waals surface area contributed by atoms with Crippen LogP contribution in [0.4, 0.5) is 5.69 Å². The fourth-order valence-corrected chi connectivity index (χ4v) is 5.16. The van der Waals surface area contributed by atoms with E-state index in [1.54, 1.807) is 12.1 Å². The van der Waals surface area contributed by atoms with Crippen LogP contribution in [0.1, 0.15) is 27.6 Å². The highest BCUT2D eigenvalue weighted by molar-refractivity contribution is 7.10. The molecule has 4 rings (SSSR count). The number of thiophene rings is 1. The Morgan fingerprint density at radius 2 is 1.70 bits per heavy atom. The van der Waals surface area contributed by atoms with E-state index < -0.39 is 17.7 Å². The first-order valence-corrected chi connectivity index (χ1v) is 11.4. The molecule has 1 saturated heterocycles. The predicted molar refractivity (Wildman–Crippen MR) is 130 cm³/mol. The van der Waals surface area contributed by atoms with E-state index in [0.717, 1.165) is 16.0 Å². The molecule has 1 aliphatic heterocycles. The predicted octanol–water partition coefficient (Wildman–Crippen LogP) is 5.66. The van der Waals surface area contributed by atoms with Gasteiger partial charge in [0.05, 0.1) is 30.4 Å². The van der Waals surface area contributed by atoms with E-state index in [4.69, 9.17) is 21.1 Å². The van der Waals surface area contributed by atoms with E-state index >= 15 is 0 Å². The van der Waals surface area contributed by atoms with Gasteiger partial charge in [-0.15, -0.1) is 11.3 Å². The zero-order chi connectivity index (χ0) is 23.9. The molecule has 33 heavy (non-hydrogen) atoms. The summed E-state index contributed by atoms with van der Waals surface area (Å²) in [5, 5.41) is 13.6. The van der Waals surface area contributed by atoms with E-state index in [9.17, 15) is 14.7 Å². The molecule has 0 aliphatic carbocycles. The van der Waals surface area contributed by atoms with Gasteiger partial charge in [0.15, 0.2) is 0 Å². The second-order valence-electron chi connectivity index (χ2n) is 7.66. The second-order valence-corrected chi connectivity index (χ2v) is 9.01. The minimum absolute atomic E-state index is 0.0196. The number of hydrogen-bond acceptors (Lipinski definition) is 6. The number of ketones is 1. The van der Waals surface area contributed by atoms with Crippen LogP contribution in [0.25, 0.3) is 5.76 Å². The smallest absolute Gasteiger partial charge is 0.300 e. The standard InChI is InChI=1S/C25H22ClNO5S/c1-13-5-7-15(8-6-13)27-21(24-14(2)9-10-33-24)20(23(29)25(27)30)22(28)16-11-19(32-4)17(26)12-18(16)31-3/h5-12,21,28H,1-4H3/b22-20+. The summed E-state index contributed by atoms with van der Waals surface area (Å²) in [6, 6.07) is 11.5. The third-order valence-corrected chi connectivity index (χ3v) is 7.00. The molecule has 1 aliphatic rings. The van der Waals surface area contributed by atoms with Crippen molar-refractivity contribution in [1.29, 1.82) is 0 Å². The van der Waals surface area contributed by atoms with Crippen LogP contribution < -0.4 is 14.4 Å². The summed E-state index contributed by atoms with van der Waals surface area (Å²) in [5.41, 5.74) is 2.70. The summed E-state index contributed by atoms with van der Waals surface area (Å²) in [6.45, 7) is 3.85. The molecule has 0 bridgehead atoms. The molecule has 6 nitrogen and oxygen atoms in total. The summed E-state index contributed by atoms with van der Waals surface area (Å²) in [4.78, 5) is 28.8. The fraction of sp³-hybridized carbons (Fsp3) is 0.200. The van der Waals surface area contributed by atoms with E-state index in [-0.39, 0.29) is 27.7 Å². The highest BCUT2D eigenvalue weighted by atomic mass is 35.5.